The van der Waals surface area contributed by atoms with Crippen LogP contribution in [-0.2, 0) is 14.3 Å². The fourth-order valence-electron chi connectivity index (χ4n) is 4.81. The van der Waals surface area contributed by atoms with E-state index in [9.17, 15) is 9.59 Å². The lowest BCUT2D eigenvalue weighted by atomic mass is 9.66. The molecule has 21 heavy (non-hydrogen) atoms. The molecule has 0 aromatic carbocycles. The van der Waals surface area contributed by atoms with Gasteiger partial charge in [0.25, 0.3) is 5.91 Å². The van der Waals surface area contributed by atoms with Crippen molar-refractivity contribution in [3.05, 3.63) is 0 Å². The first-order valence-electron chi connectivity index (χ1n) is 8.17. The lowest BCUT2D eigenvalue weighted by Crippen LogP contribution is -2.57. The standard InChI is InChI=1S/C17H27NO3/c1-11-8-12(2)10-18(9-11)13(19)17-7-6-16(5,14(20)21-17)15(17,3)4/h11-12H,6-10H2,1-5H3/t11-,12-,16-,17+/m0/s1. The summed E-state index contributed by atoms with van der Waals surface area (Å²) in [4.78, 5) is 27.5. The zero-order valence-electron chi connectivity index (χ0n) is 13.9. The van der Waals surface area contributed by atoms with E-state index in [2.05, 4.69) is 13.8 Å². The van der Waals surface area contributed by atoms with Crippen molar-refractivity contribution in [2.24, 2.45) is 22.7 Å². The Kier molecular flexibility index (Phi) is 3.00. The van der Waals surface area contributed by atoms with Crippen LogP contribution in [-0.4, -0.2) is 35.5 Å². The highest BCUT2D eigenvalue weighted by Gasteiger charge is 2.76. The van der Waals surface area contributed by atoms with Crippen molar-refractivity contribution in [1.82, 2.24) is 4.90 Å². The Balaban J connectivity index is 1.93. The van der Waals surface area contributed by atoms with Gasteiger partial charge < -0.3 is 9.64 Å². The number of likely N-dealkylation sites (tertiary alicyclic amines) is 1. The van der Waals surface area contributed by atoms with Crippen molar-refractivity contribution in [1.29, 1.82) is 0 Å². The predicted molar refractivity (Wildman–Crippen MR) is 79.5 cm³/mol. The van der Waals surface area contributed by atoms with Gasteiger partial charge in [0.05, 0.1) is 5.41 Å². The summed E-state index contributed by atoms with van der Waals surface area (Å²) in [5.74, 6) is 0.884. The van der Waals surface area contributed by atoms with Gasteiger partial charge in [-0.05, 0) is 38.0 Å². The van der Waals surface area contributed by atoms with E-state index in [4.69, 9.17) is 4.74 Å². The number of amides is 1. The number of ether oxygens (including phenoxy) is 1. The van der Waals surface area contributed by atoms with Crippen molar-refractivity contribution in [2.45, 2.75) is 59.5 Å². The molecule has 0 aromatic heterocycles. The van der Waals surface area contributed by atoms with Crippen LogP contribution in [0.2, 0.25) is 0 Å². The average molecular weight is 293 g/mol. The Hall–Kier alpha value is -1.06. The first-order chi connectivity index (χ1) is 9.64. The van der Waals surface area contributed by atoms with Crippen molar-refractivity contribution >= 4 is 11.9 Å². The summed E-state index contributed by atoms with van der Waals surface area (Å²) < 4.78 is 5.72. The Morgan fingerprint density at radius 1 is 1.14 bits per heavy atom. The highest BCUT2D eigenvalue weighted by molar-refractivity contribution is 5.96. The largest absolute Gasteiger partial charge is 0.448 e. The molecule has 2 aliphatic heterocycles. The molecule has 0 N–H and O–H groups in total. The van der Waals surface area contributed by atoms with E-state index in [1.165, 1.54) is 0 Å². The topological polar surface area (TPSA) is 46.6 Å². The first kappa shape index (κ1) is 14.9. The quantitative estimate of drug-likeness (QED) is 0.698. The summed E-state index contributed by atoms with van der Waals surface area (Å²) in [5, 5.41) is 0. The van der Waals surface area contributed by atoms with Crippen LogP contribution in [0.25, 0.3) is 0 Å². The summed E-state index contributed by atoms with van der Waals surface area (Å²) in [6, 6.07) is 0. The normalized spacial score (nSPS) is 44.8. The van der Waals surface area contributed by atoms with Gasteiger partial charge in [-0.25, -0.2) is 0 Å². The van der Waals surface area contributed by atoms with E-state index in [0.717, 1.165) is 25.9 Å². The van der Waals surface area contributed by atoms with Crippen molar-refractivity contribution < 1.29 is 14.3 Å². The molecule has 118 valence electrons. The lowest BCUT2D eigenvalue weighted by molar-refractivity contribution is -0.175. The third-order valence-corrected chi connectivity index (χ3v) is 6.59. The number of piperidine rings is 1. The summed E-state index contributed by atoms with van der Waals surface area (Å²) in [7, 11) is 0. The maximum absolute atomic E-state index is 13.2. The summed E-state index contributed by atoms with van der Waals surface area (Å²) in [6.07, 6.45) is 2.58. The number of carbonyl (C=O) groups excluding carboxylic acids is 2. The third kappa shape index (κ3) is 1.68. The van der Waals surface area contributed by atoms with E-state index in [-0.39, 0.29) is 11.9 Å². The van der Waals surface area contributed by atoms with Gasteiger partial charge in [0.15, 0.2) is 5.60 Å². The zero-order chi connectivity index (χ0) is 15.6. The van der Waals surface area contributed by atoms with Gasteiger partial charge in [0.1, 0.15) is 0 Å². The van der Waals surface area contributed by atoms with E-state index >= 15 is 0 Å². The van der Waals surface area contributed by atoms with Crippen LogP contribution in [0.5, 0.6) is 0 Å². The molecule has 4 heteroatoms. The molecule has 3 fully saturated rings. The number of hydrogen-bond acceptors (Lipinski definition) is 3. The van der Waals surface area contributed by atoms with Gasteiger partial charge in [0, 0.05) is 18.5 Å². The predicted octanol–water partition coefficient (Wildman–Crippen LogP) is 2.61. The Labute approximate surface area is 127 Å². The molecule has 1 amide bonds. The van der Waals surface area contributed by atoms with Crippen LogP contribution >= 0.6 is 0 Å². The van der Waals surface area contributed by atoms with E-state index < -0.39 is 16.4 Å². The minimum atomic E-state index is -0.935. The Morgan fingerprint density at radius 3 is 2.14 bits per heavy atom. The molecule has 4 atom stereocenters. The molecular formula is C17H27NO3. The molecule has 0 spiro atoms. The van der Waals surface area contributed by atoms with Gasteiger partial charge in [0.2, 0.25) is 0 Å². The molecule has 3 rings (SSSR count). The molecular weight excluding hydrogens is 266 g/mol. The molecule has 1 saturated carbocycles. The van der Waals surface area contributed by atoms with Crippen LogP contribution in [0.15, 0.2) is 0 Å². The van der Waals surface area contributed by atoms with Gasteiger partial charge >= 0.3 is 5.97 Å². The number of hydrogen-bond donors (Lipinski definition) is 0. The Bertz CT molecular complexity index is 490. The highest BCUT2D eigenvalue weighted by atomic mass is 16.6. The summed E-state index contributed by atoms with van der Waals surface area (Å²) >= 11 is 0. The smallest absolute Gasteiger partial charge is 0.313 e. The third-order valence-electron chi connectivity index (χ3n) is 6.59. The second-order valence-corrected chi connectivity index (χ2v) is 8.33. The van der Waals surface area contributed by atoms with E-state index in [1.807, 2.05) is 25.7 Å². The van der Waals surface area contributed by atoms with Crippen molar-refractivity contribution in [2.75, 3.05) is 13.1 Å². The number of esters is 1. The molecule has 0 radical (unpaired) electrons. The van der Waals surface area contributed by atoms with Crippen LogP contribution in [0.4, 0.5) is 0 Å². The van der Waals surface area contributed by atoms with Crippen LogP contribution in [0, 0.1) is 22.7 Å². The fraction of sp³-hybridized carbons (Fsp3) is 0.882. The second-order valence-electron chi connectivity index (χ2n) is 8.33. The summed E-state index contributed by atoms with van der Waals surface area (Å²) in [5.41, 5.74) is -1.89. The van der Waals surface area contributed by atoms with Crippen molar-refractivity contribution in [3.63, 3.8) is 0 Å². The van der Waals surface area contributed by atoms with Crippen LogP contribution < -0.4 is 0 Å². The fourth-order valence-corrected chi connectivity index (χ4v) is 4.81. The second kappa shape index (κ2) is 4.23. The summed E-state index contributed by atoms with van der Waals surface area (Å²) in [6.45, 7) is 12.0. The van der Waals surface area contributed by atoms with Gasteiger partial charge in [-0.15, -0.1) is 0 Å². The van der Waals surface area contributed by atoms with Gasteiger partial charge in [-0.2, -0.15) is 0 Å². The Morgan fingerprint density at radius 2 is 1.71 bits per heavy atom. The SMILES string of the molecule is C[C@H]1C[C@H](C)CN(C(=O)[C@@]23CC[C@@](C)(C(=O)O2)C3(C)C)C1. The maximum atomic E-state index is 13.2. The number of nitrogens with zero attached hydrogens (tertiary/aromatic N) is 1. The molecule has 1 aliphatic carbocycles. The van der Waals surface area contributed by atoms with Crippen LogP contribution in [0.3, 0.4) is 0 Å². The minimum Gasteiger partial charge on any atom is -0.448 e. The van der Waals surface area contributed by atoms with Gasteiger partial charge in [-0.3, -0.25) is 9.59 Å². The number of fused-ring (bicyclic) bond motifs is 2. The first-order valence-corrected chi connectivity index (χ1v) is 8.17. The molecule has 2 bridgehead atoms. The average Bonchev–Trinajstić information content (AvgIpc) is 2.67. The van der Waals surface area contributed by atoms with E-state index in [1.54, 1.807) is 0 Å². The number of rotatable bonds is 1. The monoisotopic (exact) mass is 293 g/mol. The maximum Gasteiger partial charge on any atom is 0.313 e. The highest BCUT2D eigenvalue weighted by Crippen LogP contribution is 2.66. The molecule has 2 saturated heterocycles. The van der Waals surface area contributed by atoms with Gasteiger partial charge in [-0.1, -0.05) is 27.7 Å². The molecule has 0 unspecified atom stereocenters. The van der Waals surface area contributed by atoms with Crippen LogP contribution in [0.1, 0.15) is 53.9 Å². The van der Waals surface area contributed by atoms with E-state index in [0.29, 0.717) is 18.3 Å². The molecule has 3 aliphatic rings. The zero-order valence-corrected chi connectivity index (χ0v) is 13.9. The molecule has 0 aromatic rings. The molecule has 4 nitrogen and oxygen atoms in total. The van der Waals surface area contributed by atoms with Crippen molar-refractivity contribution in [3.8, 4) is 0 Å². The number of carbonyl (C=O) groups is 2. The lowest BCUT2D eigenvalue weighted by Gasteiger charge is -2.42. The molecule has 2 heterocycles. The minimum absolute atomic E-state index is 0.0421.